The Morgan fingerprint density at radius 1 is 1.29 bits per heavy atom. The second kappa shape index (κ2) is 7.59. The maximum atomic E-state index is 11.5. The number of piperazine rings is 1. The number of thiazole rings is 1. The van der Waals surface area contributed by atoms with Crippen molar-refractivity contribution in [2.24, 2.45) is 0 Å². The van der Waals surface area contributed by atoms with Gasteiger partial charge in [-0.25, -0.2) is 4.98 Å². The van der Waals surface area contributed by atoms with Crippen molar-refractivity contribution < 1.29 is 4.79 Å². The molecule has 1 aromatic heterocycles. The first-order chi connectivity index (χ1) is 11.5. The molecule has 2 aromatic rings. The Morgan fingerprint density at radius 3 is 2.67 bits per heavy atom. The van der Waals surface area contributed by atoms with Crippen LogP contribution in [0.4, 0.5) is 11.4 Å². The van der Waals surface area contributed by atoms with E-state index in [-0.39, 0.29) is 5.91 Å². The Labute approximate surface area is 155 Å². The van der Waals surface area contributed by atoms with Crippen molar-refractivity contribution in [1.29, 1.82) is 0 Å². The van der Waals surface area contributed by atoms with E-state index in [4.69, 9.17) is 23.2 Å². The van der Waals surface area contributed by atoms with Gasteiger partial charge in [0.25, 0.3) is 0 Å². The second-order valence-corrected chi connectivity index (χ2v) is 7.67. The van der Waals surface area contributed by atoms with Crippen LogP contribution in [0.15, 0.2) is 24.4 Å². The third-order valence-corrected chi connectivity index (χ3v) is 5.43. The van der Waals surface area contributed by atoms with Gasteiger partial charge < -0.3 is 15.1 Å². The van der Waals surface area contributed by atoms with Crippen LogP contribution in [-0.2, 0) is 11.3 Å². The van der Waals surface area contributed by atoms with Gasteiger partial charge in [0.1, 0.15) is 0 Å². The minimum absolute atomic E-state index is 0.120. The molecule has 128 valence electrons. The SMILES string of the molecule is CC(=O)N1CCN(c2c(Cl)cccc2NCc2cnc(Cl)s2)CC1. The van der Waals surface area contributed by atoms with Crippen LogP contribution in [0, 0.1) is 0 Å². The number of rotatable bonds is 4. The van der Waals surface area contributed by atoms with Crippen molar-refractivity contribution in [2.75, 3.05) is 36.4 Å². The van der Waals surface area contributed by atoms with Crippen molar-refractivity contribution in [3.63, 3.8) is 0 Å². The highest BCUT2D eigenvalue weighted by molar-refractivity contribution is 7.15. The van der Waals surface area contributed by atoms with E-state index < -0.39 is 0 Å². The molecule has 5 nitrogen and oxygen atoms in total. The number of nitrogens with zero attached hydrogens (tertiary/aromatic N) is 3. The number of hydrogen-bond donors (Lipinski definition) is 1. The van der Waals surface area contributed by atoms with Crippen molar-refractivity contribution in [2.45, 2.75) is 13.5 Å². The van der Waals surface area contributed by atoms with Crippen LogP contribution in [0.3, 0.4) is 0 Å². The van der Waals surface area contributed by atoms with Gasteiger partial charge in [-0.2, -0.15) is 0 Å². The molecule has 1 fully saturated rings. The smallest absolute Gasteiger partial charge is 0.219 e. The lowest BCUT2D eigenvalue weighted by atomic mass is 10.2. The molecule has 1 amide bonds. The summed E-state index contributed by atoms with van der Waals surface area (Å²) in [5.74, 6) is 0.120. The van der Waals surface area contributed by atoms with Crippen LogP contribution in [0.1, 0.15) is 11.8 Å². The summed E-state index contributed by atoms with van der Waals surface area (Å²) in [4.78, 5) is 20.7. The topological polar surface area (TPSA) is 48.5 Å². The number of anilines is 2. The summed E-state index contributed by atoms with van der Waals surface area (Å²) in [5.41, 5.74) is 1.96. The number of carbonyl (C=O) groups is 1. The van der Waals surface area contributed by atoms with E-state index in [1.165, 1.54) is 11.3 Å². The number of halogens is 2. The predicted octanol–water partition coefficient (Wildman–Crippen LogP) is 3.73. The maximum absolute atomic E-state index is 11.5. The molecule has 1 aromatic carbocycles. The minimum atomic E-state index is 0.120. The second-order valence-electron chi connectivity index (χ2n) is 5.56. The van der Waals surface area contributed by atoms with Crippen LogP contribution >= 0.6 is 34.5 Å². The van der Waals surface area contributed by atoms with Gasteiger partial charge in [-0.1, -0.05) is 29.3 Å². The van der Waals surface area contributed by atoms with Gasteiger partial charge in [0, 0.05) is 44.2 Å². The van der Waals surface area contributed by atoms with Crippen LogP contribution < -0.4 is 10.2 Å². The summed E-state index contributed by atoms with van der Waals surface area (Å²) >= 11 is 13.8. The molecule has 2 heterocycles. The fourth-order valence-corrected chi connectivity index (χ4v) is 3.98. The fourth-order valence-electron chi connectivity index (χ4n) is 2.77. The van der Waals surface area contributed by atoms with Crippen molar-refractivity contribution >= 4 is 51.8 Å². The third kappa shape index (κ3) is 3.94. The van der Waals surface area contributed by atoms with E-state index >= 15 is 0 Å². The number of para-hydroxylation sites is 1. The van der Waals surface area contributed by atoms with E-state index in [2.05, 4.69) is 15.2 Å². The molecule has 0 saturated carbocycles. The number of amides is 1. The lowest BCUT2D eigenvalue weighted by Crippen LogP contribution is -2.48. The number of benzene rings is 1. The number of aromatic nitrogens is 1. The summed E-state index contributed by atoms with van der Waals surface area (Å²) in [6.45, 7) is 5.22. The van der Waals surface area contributed by atoms with Crippen LogP contribution in [0.5, 0.6) is 0 Å². The summed E-state index contributed by atoms with van der Waals surface area (Å²) in [5, 5.41) is 4.13. The zero-order chi connectivity index (χ0) is 17.1. The van der Waals surface area contributed by atoms with E-state index in [0.717, 1.165) is 29.3 Å². The van der Waals surface area contributed by atoms with Crippen LogP contribution in [0.2, 0.25) is 9.49 Å². The summed E-state index contributed by atoms with van der Waals surface area (Å²) in [6, 6.07) is 5.84. The monoisotopic (exact) mass is 384 g/mol. The standard InChI is InChI=1S/C16H18Cl2N4OS/c1-11(23)21-5-7-22(8-6-21)15-13(17)3-2-4-14(15)19-9-12-10-20-16(18)24-12/h2-4,10,19H,5-9H2,1H3. The molecule has 3 rings (SSSR count). The van der Waals surface area contributed by atoms with Gasteiger partial charge in [0.2, 0.25) is 5.91 Å². The van der Waals surface area contributed by atoms with Crippen molar-refractivity contribution in [3.8, 4) is 0 Å². The average Bonchev–Trinajstić information content (AvgIpc) is 2.98. The highest BCUT2D eigenvalue weighted by Gasteiger charge is 2.22. The lowest BCUT2D eigenvalue weighted by Gasteiger charge is -2.37. The molecule has 0 aliphatic carbocycles. The molecule has 1 N–H and O–H groups in total. The molecule has 1 aliphatic rings. The van der Waals surface area contributed by atoms with Gasteiger partial charge >= 0.3 is 0 Å². The first kappa shape index (κ1) is 17.3. The lowest BCUT2D eigenvalue weighted by molar-refractivity contribution is -0.129. The highest BCUT2D eigenvalue weighted by Crippen LogP contribution is 2.35. The molecule has 0 unspecified atom stereocenters. The van der Waals surface area contributed by atoms with E-state index in [0.29, 0.717) is 29.1 Å². The molecular formula is C16H18Cl2N4OS. The third-order valence-electron chi connectivity index (χ3n) is 4.01. The minimum Gasteiger partial charge on any atom is -0.378 e. The quantitative estimate of drug-likeness (QED) is 0.872. The number of carbonyl (C=O) groups excluding carboxylic acids is 1. The van der Waals surface area contributed by atoms with Crippen LogP contribution in [0.25, 0.3) is 0 Å². The molecule has 24 heavy (non-hydrogen) atoms. The van der Waals surface area contributed by atoms with Crippen LogP contribution in [-0.4, -0.2) is 42.0 Å². The van der Waals surface area contributed by atoms with E-state index in [1.54, 1.807) is 13.1 Å². The van der Waals surface area contributed by atoms with E-state index in [1.807, 2.05) is 23.1 Å². The molecule has 8 heteroatoms. The normalized spacial score (nSPS) is 14.8. The highest BCUT2D eigenvalue weighted by atomic mass is 35.5. The van der Waals surface area contributed by atoms with Gasteiger partial charge in [-0.3, -0.25) is 4.79 Å². The van der Waals surface area contributed by atoms with E-state index in [9.17, 15) is 4.79 Å². The van der Waals surface area contributed by atoms with Gasteiger partial charge in [-0.05, 0) is 12.1 Å². The molecule has 1 aliphatic heterocycles. The summed E-state index contributed by atoms with van der Waals surface area (Å²) in [6.07, 6.45) is 1.77. The maximum Gasteiger partial charge on any atom is 0.219 e. The Morgan fingerprint density at radius 2 is 2.04 bits per heavy atom. The largest absolute Gasteiger partial charge is 0.378 e. The van der Waals surface area contributed by atoms with Gasteiger partial charge in [0.05, 0.1) is 22.9 Å². The predicted molar refractivity (Wildman–Crippen MR) is 100 cm³/mol. The summed E-state index contributed by atoms with van der Waals surface area (Å²) in [7, 11) is 0. The zero-order valence-electron chi connectivity index (χ0n) is 13.3. The molecule has 0 atom stereocenters. The number of hydrogen-bond acceptors (Lipinski definition) is 5. The molecule has 0 radical (unpaired) electrons. The van der Waals surface area contributed by atoms with Crippen molar-refractivity contribution in [3.05, 3.63) is 38.8 Å². The molecular weight excluding hydrogens is 367 g/mol. The average molecular weight is 385 g/mol. The Kier molecular flexibility index (Phi) is 5.48. The summed E-state index contributed by atoms with van der Waals surface area (Å²) < 4.78 is 0.540. The van der Waals surface area contributed by atoms with Gasteiger partial charge in [-0.15, -0.1) is 11.3 Å². The Bertz CT molecular complexity index is 729. The molecule has 1 saturated heterocycles. The first-order valence-electron chi connectivity index (χ1n) is 7.67. The van der Waals surface area contributed by atoms with Gasteiger partial charge in [0.15, 0.2) is 4.47 Å². The first-order valence-corrected chi connectivity index (χ1v) is 9.25. The molecule has 0 bridgehead atoms. The fraction of sp³-hybridized carbons (Fsp3) is 0.375. The Hall–Kier alpha value is -1.50. The number of nitrogens with one attached hydrogen (secondary N) is 1. The zero-order valence-corrected chi connectivity index (χ0v) is 15.6. The van der Waals surface area contributed by atoms with Crippen molar-refractivity contribution in [1.82, 2.24) is 9.88 Å². The Balaban J connectivity index is 1.74. The molecule has 0 spiro atoms.